The number of aromatic nitrogens is 2. The molecule has 1 saturated heterocycles. The minimum Gasteiger partial charge on any atom is -0.444 e. The molecule has 30 heavy (non-hydrogen) atoms. The van der Waals surface area contributed by atoms with Crippen molar-refractivity contribution in [2.45, 2.75) is 71.5 Å². The predicted octanol–water partition coefficient (Wildman–Crippen LogP) is 5.33. The highest BCUT2D eigenvalue weighted by Gasteiger charge is 2.30. The number of rotatable bonds is 7. The van der Waals surface area contributed by atoms with Crippen molar-refractivity contribution >= 4 is 28.7 Å². The number of carbonyl (C=O) groups excluding carboxylic acids is 1. The summed E-state index contributed by atoms with van der Waals surface area (Å²) in [5.74, 6) is 0. The molecule has 3 heterocycles. The van der Waals surface area contributed by atoms with Crippen molar-refractivity contribution in [2.24, 2.45) is 0 Å². The van der Waals surface area contributed by atoms with Crippen LogP contribution >= 0.6 is 11.6 Å². The Labute approximate surface area is 183 Å². The maximum atomic E-state index is 12.1. The van der Waals surface area contributed by atoms with Crippen LogP contribution in [-0.4, -0.2) is 52.4 Å². The van der Waals surface area contributed by atoms with E-state index in [1.165, 1.54) is 0 Å². The zero-order valence-corrected chi connectivity index (χ0v) is 19.2. The van der Waals surface area contributed by atoms with E-state index in [1.54, 1.807) is 11.1 Å². The maximum absolute atomic E-state index is 12.1. The van der Waals surface area contributed by atoms with Crippen LogP contribution in [0.25, 0.3) is 11.0 Å². The van der Waals surface area contributed by atoms with Gasteiger partial charge in [0.2, 0.25) is 0 Å². The first kappa shape index (κ1) is 22.8. The normalized spacial score (nSPS) is 17.0. The van der Waals surface area contributed by atoms with Gasteiger partial charge < -0.3 is 14.4 Å². The summed E-state index contributed by atoms with van der Waals surface area (Å²) >= 11 is 6.50. The standard InChI is InChI=1S/C23H32ClN3O3/c1-16-19(26-21-18(20(16)24)9-8-12-25-21)10-6-5-7-14-29-17-11-13-27(15-17)22(28)30-23(2,3)4/h8-9,12,17H,5-7,10-11,13-15H2,1-4H3/t17-/m1/s1. The lowest BCUT2D eigenvalue weighted by Crippen LogP contribution is -2.36. The van der Waals surface area contributed by atoms with Gasteiger partial charge in [-0.1, -0.05) is 18.0 Å². The molecule has 0 aliphatic carbocycles. The summed E-state index contributed by atoms with van der Waals surface area (Å²) in [6.07, 6.45) is 6.42. The fourth-order valence-electron chi connectivity index (χ4n) is 3.62. The molecule has 0 aromatic carbocycles. The number of ether oxygens (including phenoxy) is 2. The molecular formula is C23H32ClN3O3. The summed E-state index contributed by atoms with van der Waals surface area (Å²) in [5, 5.41) is 1.66. The quantitative estimate of drug-likeness (QED) is 0.552. The number of carbonyl (C=O) groups is 1. The molecule has 1 fully saturated rings. The minimum atomic E-state index is -0.464. The highest BCUT2D eigenvalue weighted by atomic mass is 35.5. The number of amides is 1. The summed E-state index contributed by atoms with van der Waals surface area (Å²) in [7, 11) is 0. The van der Waals surface area contributed by atoms with Crippen molar-refractivity contribution < 1.29 is 14.3 Å². The van der Waals surface area contributed by atoms with Crippen LogP contribution in [0.3, 0.4) is 0 Å². The average Bonchev–Trinajstić information content (AvgIpc) is 3.16. The number of aryl methyl sites for hydroxylation is 1. The van der Waals surface area contributed by atoms with Crippen LogP contribution < -0.4 is 0 Å². The summed E-state index contributed by atoms with van der Waals surface area (Å²) in [6.45, 7) is 9.69. The van der Waals surface area contributed by atoms with Gasteiger partial charge >= 0.3 is 6.09 Å². The molecule has 0 unspecified atom stereocenters. The van der Waals surface area contributed by atoms with Crippen molar-refractivity contribution in [1.29, 1.82) is 0 Å². The van der Waals surface area contributed by atoms with Crippen LogP contribution in [0.1, 0.15) is 57.7 Å². The number of unbranched alkanes of at least 4 members (excludes halogenated alkanes) is 2. The highest BCUT2D eigenvalue weighted by molar-refractivity contribution is 6.36. The maximum Gasteiger partial charge on any atom is 0.410 e. The van der Waals surface area contributed by atoms with Gasteiger partial charge in [0.05, 0.1) is 17.7 Å². The van der Waals surface area contributed by atoms with Gasteiger partial charge in [0.15, 0.2) is 5.65 Å². The summed E-state index contributed by atoms with van der Waals surface area (Å²) in [4.78, 5) is 22.9. The Morgan fingerprint density at radius 3 is 2.87 bits per heavy atom. The van der Waals surface area contributed by atoms with Crippen LogP contribution in [0.4, 0.5) is 4.79 Å². The van der Waals surface area contributed by atoms with Crippen molar-refractivity contribution in [3.63, 3.8) is 0 Å². The molecule has 1 amide bonds. The second-order valence-electron chi connectivity index (χ2n) is 8.89. The van der Waals surface area contributed by atoms with E-state index in [0.717, 1.165) is 53.8 Å². The molecule has 6 nitrogen and oxygen atoms in total. The Morgan fingerprint density at radius 2 is 2.10 bits per heavy atom. The van der Waals surface area contributed by atoms with Crippen LogP contribution in [0.15, 0.2) is 18.3 Å². The van der Waals surface area contributed by atoms with Gasteiger partial charge in [-0.15, -0.1) is 0 Å². The summed E-state index contributed by atoms with van der Waals surface area (Å²) in [6, 6.07) is 3.84. The van der Waals surface area contributed by atoms with Gasteiger partial charge in [0, 0.05) is 30.4 Å². The second-order valence-corrected chi connectivity index (χ2v) is 9.27. The molecule has 0 spiro atoms. The van der Waals surface area contributed by atoms with Crippen LogP contribution in [0.2, 0.25) is 5.02 Å². The van der Waals surface area contributed by atoms with Crippen LogP contribution in [0.5, 0.6) is 0 Å². The van der Waals surface area contributed by atoms with Gasteiger partial charge in [0.25, 0.3) is 0 Å². The van der Waals surface area contributed by atoms with E-state index in [-0.39, 0.29) is 12.2 Å². The Balaban J connectivity index is 1.36. The molecular weight excluding hydrogens is 402 g/mol. The van der Waals surface area contributed by atoms with Gasteiger partial charge in [-0.05, 0) is 71.1 Å². The van der Waals surface area contributed by atoms with Crippen molar-refractivity contribution in [1.82, 2.24) is 14.9 Å². The molecule has 0 N–H and O–H groups in total. The van der Waals surface area contributed by atoms with E-state index in [4.69, 9.17) is 26.1 Å². The number of halogens is 1. The van der Waals surface area contributed by atoms with Gasteiger partial charge in [-0.25, -0.2) is 14.8 Å². The number of likely N-dealkylation sites (tertiary alicyclic amines) is 1. The first-order valence-corrected chi connectivity index (χ1v) is 11.1. The molecule has 3 rings (SSSR count). The van der Waals surface area contributed by atoms with E-state index in [2.05, 4.69) is 4.98 Å². The molecule has 0 bridgehead atoms. The van der Waals surface area contributed by atoms with Crippen LogP contribution in [0, 0.1) is 6.92 Å². The first-order valence-electron chi connectivity index (χ1n) is 10.7. The second kappa shape index (κ2) is 9.92. The molecule has 0 saturated carbocycles. The zero-order chi connectivity index (χ0) is 21.7. The first-order chi connectivity index (χ1) is 14.2. The smallest absolute Gasteiger partial charge is 0.410 e. The summed E-state index contributed by atoms with van der Waals surface area (Å²) < 4.78 is 11.4. The van der Waals surface area contributed by atoms with Gasteiger partial charge in [0.1, 0.15) is 5.60 Å². The Morgan fingerprint density at radius 1 is 1.30 bits per heavy atom. The number of hydrogen-bond acceptors (Lipinski definition) is 5. The molecule has 164 valence electrons. The largest absolute Gasteiger partial charge is 0.444 e. The van der Waals surface area contributed by atoms with E-state index in [0.29, 0.717) is 25.3 Å². The molecule has 1 aliphatic rings. The fraction of sp³-hybridized carbons (Fsp3) is 0.609. The van der Waals surface area contributed by atoms with E-state index in [9.17, 15) is 4.79 Å². The monoisotopic (exact) mass is 433 g/mol. The van der Waals surface area contributed by atoms with Crippen LogP contribution in [-0.2, 0) is 15.9 Å². The van der Waals surface area contributed by atoms with Gasteiger partial charge in [-0.2, -0.15) is 0 Å². The molecule has 7 heteroatoms. The number of hydrogen-bond donors (Lipinski definition) is 0. The average molecular weight is 434 g/mol. The summed E-state index contributed by atoms with van der Waals surface area (Å²) in [5.41, 5.74) is 2.31. The van der Waals surface area contributed by atoms with Crippen molar-refractivity contribution in [3.8, 4) is 0 Å². The predicted molar refractivity (Wildman–Crippen MR) is 119 cm³/mol. The molecule has 2 aromatic heterocycles. The van der Waals surface area contributed by atoms with E-state index >= 15 is 0 Å². The molecule has 1 aliphatic heterocycles. The SMILES string of the molecule is Cc1c(CCCCCO[C@@H]2CCN(C(=O)OC(C)(C)C)C2)nc2ncccc2c1Cl. The third-order valence-corrected chi connectivity index (χ3v) is 5.72. The number of fused-ring (bicyclic) bond motifs is 1. The lowest BCUT2D eigenvalue weighted by molar-refractivity contribution is 0.0206. The fourth-order valence-corrected chi connectivity index (χ4v) is 3.88. The Hall–Kier alpha value is -1.92. The van der Waals surface area contributed by atoms with Crippen molar-refractivity contribution in [3.05, 3.63) is 34.6 Å². The lowest BCUT2D eigenvalue weighted by Gasteiger charge is -2.24. The van der Waals surface area contributed by atoms with Crippen molar-refractivity contribution in [2.75, 3.05) is 19.7 Å². The third-order valence-electron chi connectivity index (χ3n) is 5.23. The molecule has 0 radical (unpaired) electrons. The number of nitrogens with zero attached hydrogens (tertiary/aromatic N) is 3. The molecule has 1 atom stereocenters. The Bertz CT molecular complexity index is 882. The Kier molecular flexibility index (Phi) is 7.53. The number of pyridine rings is 2. The minimum absolute atomic E-state index is 0.104. The highest BCUT2D eigenvalue weighted by Crippen LogP contribution is 2.27. The van der Waals surface area contributed by atoms with Gasteiger partial charge in [-0.3, -0.25) is 0 Å². The third kappa shape index (κ3) is 6.05. The zero-order valence-electron chi connectivity index (χ0n) is 18.4. The molecule has 2 aromatic rings. The lowest BCUT2D eigenvalue weighted by atomic mass is 10.1. The van der Waals surface area contributed by atoms with E-state index in [1.807, 2.05) is 39.8 Å². The topological polar surface area (TPSA) is 64.5 Å². The van der Waals surface area contributed by atoms with E-state index < -0.39 is 5.60 Å².